The number of halogens is 3. The second kappa shape index (κ2) is 5.70. The minimum Gasteiger partial charge on any atom is -0.228 e. The molecule has 0 N–H and O–H groups in total. The molecule has 2 nitrogen and oxygen atoms in total. The molecule has 0 saturated carbocycles. The Morgan fingerprint density at radius 2 is 1.95 bits per heavy atom. The smallest absolute Gasteiger partial charge is 0.161 e. The summed E-state index contributed by atoms with van der Waals surface area (Å²) < 4.78 is 14.1. The predicted octanol–water partition coefficient (Wildman–Crippen LogP) is 5.41. The van der Waals surface area contributed by atoms with Crippen molar-refractivity contribution >= 4 is 38.4 Å². The number of fused-ring (bicyclic) bond motifs is 1. The molecule has 0 bridgehead atoms. The fourth-order valence-electron chi connectivity index (χ4n) is 2.25. The second-order valence-electron chi connectivity index (χ2n) is 4.63. The third-order valence-electron chi connectivity index (χ3n) is 3.33. The maximum Gasteiger partial charge on any atom is 0.161 e. The fraction of sp³-hybridized carbons (Fsp3) is 0.125. The van der Waals surface area contributed by atoms with Crippen LogP contribution < -0.4 is 0 Å². The molecule has 106 valence electrons. The molecule has 21 heavy (non-hydrogen) atoms. The van der Waals surface area contributed by atoms with Crippen LogP contribution in [0, 0.1) is 5.82 Å². The van der Waals surface area contributed by atoms with Crippen molar-refractivity contribution < 1.29 is 4.39 Å². The highest BCUT2D eigenvalue weighted by Gasteiger charge is 2.12. The Morgan fingerprint density at radius 3 is 2.71 bits per heavy atom. The molecule has 5 heteroatoms. The zero-order chi connectivity index (χ0) is 15.0. The van der Waals surface area contributed by atoms with Crippen LogP contribution in [0.3, 0.4) is 0 Å². The average Bonchev–Trinajstić information content (AvgIpc) is 2.49. The Balaban J connectivity index is 2.27. The number of rotatable bonds is 2. The lowest BCUT2D eigenvalue weighted by atomic mass is 10.0. The van der Waals surface area contributed by atoms with Crippen LogP contribution in [0.4, 0.5) is 4.39 Å². The van der Waals surface area contributed by atoms with E-state index in [4.69, 9.17) is 11.6 Å². The van der Waals surface area contributed by atoms with E-state index in [0.717, 1.165) is 17.5 Å². The molecule has 0 aliphatic heterocycles. The third kappa shape index (κ3) is 2.65. The van der Waals surface area contributed by atoms with Crippen LogP contribution in [0.5, 0.6) is 0 Å². The van der Waals surface area contributed by atoms with E-state index in [0.29, 0.717) is 26.4 Å². The van der Waals surface area contributed by atoms with Crippen molar-refractivity contribution in [3.63, 3.8) is 0 Å². The molecule has 0 aliphatic carbocycles. The van der Waals surface area contributed by atoms with Crippen molar-refractivity contribution in [3.8, 4) is 11.4 Å². The van der Waals surface area contributed by atoms with E-state index in [2.05, 4.69) is 32.8 Å². The van der Waals surface area contributed by atoms with E-state index in [-0.39, 0.29) is 5.82 Å². The maximum atomic E-state index is 13.7. The summed E-state index contributed by atoms with van der Waals surface area (Å²) in [6, 6.07) is 10.8. The summed E-state index contributed by atoms with van der Waals surface area (Å²) in [6.45, 7) is 2.07. The molecule has 0 spiro atoms. The number of hydrogen-bond acceptors (Lipinski definition) is 2. The van der Waals surface area contributed by atoms with Gasteiger partial charge < -0.3 is 0 Å². The van der Waals surface area contributed by atoms with Gasteiger partial charge in [0.1, 0.15) is 11.0 Å². The van der Waals surface area contributed by atoms with E-state index in [9.17, 15) is 4.39 Å². The lowest BCUT2D eigenvalue weighted by molar-refractivity contribution is 0.623. The van der Waals surface area contributed by atoms with Gasteiger partial charge in [-0.15, -0.1) is 0 Å². The van der Waals surface area contributed by atoms with Gasteiger partial charge in [-0.1, -0.05) is 42.8 Å². The Hall–Kier alpha value is -1.52. The summed E-state index contributed by atoms with van der Waals surface area (Å²) in [6.07, 6.45) is 0.865. The molecule has 0 unspecified atom stereocenters. The molecule has 0 fully saturated rings. The summed E-state index contributed by atoms with van der Waals surface area (Å²) in [5.74, 6) is 0.152. The van der Waals surface area contributed by atoms with Gasteiger partial charge in [-0.2, -0.15) is 0 Å². The molecule has 3 rings (SSSR count). The Kier molecular flexibility index (Phi) is 3.91. The Labute approximate surface area is 135 Å². The maximum absolute atomic E-state index is 13.7. The summed E-state index contributed by atoms with van der Waals surface area (Å²) in [5, 5.41) is 0.948. The van der Waals surface area contributed by atoms with Gasteiger partial charge in [0, 0.05) is 17.0 Å². The highest BCUT2D eigenvalue weighted by Crippen LogP contribution is 2.30. The van der Waals surface area contributed by atoms with E-state index in [1.54, 1.807) is 6.07 Å². The molecule has 1 aromatic heterocycles. The monoisotopic (exact) mass is 364 g/mol. The van der Waals surface area contributed by atoms with Crippen LogP contribution in [0.25, 0.3) is 22.3 Å². The van der Waals surface area contributed by atoms with Gasteiger partial charge in [-0.05, 0) is 34.0 Å². The van der Waals surface area contributed by atoms with Crippen molar-refractivity contribution in [2.75, 3.05) is 0 Å². The molecule has 2 aromatic carbocycles. The molecule has 0 radical (unpaired) electrons. The summed E-state index contributed by atoms with van der Waals surface area (Å²) in [4.78, 5) is 8.82. The van der Waals surface area contributed by atoms with Gasteiger partial charge in [-0.3, -0.25) is 0 Å². The van der Waals surface area contributed by atoms with E-state index in [1.165, 1.54) is 6.07 Å². The van der Waals surface area contributed by atoms with Gasteiger partial charge in [0.15, 0.2) is 5.82 Å². The van der Waals surface area contributed by atoms with Crippen LogP contribution in [0.2, 0.25) is 5.15 Å². The highest BCUT2D eigenvalue weighted by molar-refractivity contribution is 9.10. The number of nitrogens with zero attached hydrogens (tertiary/aromatic N) is 2. The molecule has 3 aromatic rings. The zero-order valence-electron chi connectivity index (χ0n) is 11.2. The topological polar surface area (TPSA) is 25.8 Å². The molecule has 0 atom stereocenters. The van der Waals surface area contributed by atoms with Crippen molar-refractivity contribution in [1.29, 1.82) is 0 Å². The van der Waals surface area contributed by atoms with Crippen molar-refractivity contribution in [2.45, 2.75) is 13.3 Å². The van der Waals surface area contributed by atoms with Crippen LogP contribution in [-0.2, 0) is 6.42 Å². The largest absolute Gasteiger partial charge is 0.228 e. The Morgan fingerprint density at radius 1 is 1.19 bits per heavy atom. The second-order valence-corrected chi connectivity index (χ2v) is 5.84. The summed E-state index contributed by atoms with van der Waals surface area (Å²) in [5.41, 5.74) is 2.55. The first-order valence-corrected chi connectivity index (χ1v) is 7.68. The molecule has 1 heterocycles. The normalized spacial score (nSPS) is 11.0. The lowest BCUT2D eigenvalue weighted by Crippen LogP contribution is -1.96. The Bertz CT molecular complexity index is 836. The van der Waals surface area contributed by atoms with Crippen LogP contribution >= 0.6 is 27.5 Å². The minimum atomic E-state index is -0.369. The third-order valence-corrected chi connectivity index (χ3v) is 4.23. The zero-order valence-corrected chi connectivity index (χ0v) is 13.5. The van der Waals surface area contributed by atoms with Gasteiger partial charge in [-0.25, -0.2) is 14.4 Å². The first kappa shape index (κ1) is 14.4. The first-order valence-electron chi connectivity index (χ1n) is 6.50. The van der Waals surface area contributed by atoms with Crippen molar-refractivity contribution in [2.24, 2.45) is 0 Å². The number of hydrogen-bond donors (Lipinski definition) is 0. The van der Waals surface area contributed by atoms with Gasteiger partial charge in [0.2, 0.25) is 0 Å². The molecule has 0 saturated heterocycles. The predicted molar refractivity (Wildman–Crippen MR) is 87.0 cm³/mol. The summed E-state index contributed by atoms with van der Waals surface area (Å²) in [7, 11) is 0. The molecule has 0 amide bonds. The first-order chi connectivity index (χ1) is 10.1. The minimum absolute atomic E-state index is 0.321. The van der Waals surface area contributed by atoms with Gasteiger partial charge >= 0.3 is 0 Å². The number of benzene rings is 2. The quantitative estimate of drug-likeness (QED) is 0.567. The molecular formula is C16H11BrClFN2. The number of aromatic nitrogens is 2. The van der Waals surface area contributed by atoms with E-state index in [1.807, 2.05) is 24.3 Å². The van der Waals surface area contributed by atoms with Crippen molar-refractivity contribution in [3.05, 3.63) is 57.4 Å². The van der Waals surface area contributed by atoms with E-state index < -0.39 is 0 Å². The summed E-state index contributed by atoms with van der Waals surface area (Å²) >= 11 is 9.39. The lowest BCUT2D eigenvalue weighted by Gasteiger charge is -2.09. The van der Waals surface area contributed by atoms with Crippen molar-refractivity contribution in [1.82, 2.24) is 9.97 Å². The molecular weight excluding hydrogens is 355 g/mol. The van der Waals surface area contributed by atoms with Crippen LogP contribution in [0.1, 0.15) is 12.5 Å². The van der Waals surface area contributed by atoms with Gasteiger partial charge in [0.05, 0.1) is 9.99 Å². The van der Waals surface area contributed by atoms with Crippen LogP contribution in [-0.4, -0.2) is 9.97 Å². The fourth-order valence-corrected chi connectivity index (χ4v) is 2.83. The van der Waals surface area contributed by atoms with Crippen LogP contribution in [0.15, 0.2) is 40.9 Å². The number of aryl methyl sites for hydroxylation is 1. The standard InChI is InChI=1S/C16H11BrClFN2/c1-2-9-5-3-4-6-10(9)16-20-14-8-13(19)12(17)7-11(14)15(18)21-16/h3-8H,2H2,1H3. The molecule has 0 aliphatic rings. The SMILES string of the molecule is CCc1ccccc1-c1nc(Cl)c2cc(Br)c(F)cc2n1. The highest BCUT2D eigenvalue weighted by atomic mass is 79.9. The van der Waals surface area contributed by atoms with Gasteiger partial charge in [0.25, 0.3) is 0 Å². The van der Waals surface area contributed by atoms with E-state index >= 15 is 0 Å². The average molecular weight is 366 g/mol.